The molecule has 0 fully saturated rings. The number of aromatic nitrogens is 1. The minimum Gasteiger partial charge on any atom is -0.438 e. The van der Waals surface area contributed by atoms with Gasteiger partial charge in [0.2, 0.25) is 23.0 Å². The number of nitrogens with zero attached hydrogens (tertiary/aromatic N) is 2. The molecule has 0 spiro atoms. The van der Waals surface area contributed by atoms with Crippen molar-refractivity contribution in [1.29, 1.82) is 0 Å². The van der Waals surface area contributed by atoms with E-state index in [1.165, 1.54) is 19.1 Å². The van der Waals surface area contributed by atoms with Crippen molar-refractivity contribution in [3.8, 4) is 11.6 Å². The Bertz CT molecular complexity index is 1170. The lowest BCUT2D eigenvalue weighted by Crippen LogP contribution is -2.59. The summed E-state index contributed by atoms with van der Waals surface area (Å²) in [7, 11) is -5.12. The Labute approximate surface area is 202 Å². The molecule has 1 aromatic carbocycles. The van der Waals surface area contributed by atoms with E-state index in [4.69, 9.17) is 26.6 Å². The van der Waals surface area contributed by atoms with E-state index in [1.807, 2.05) is 0 Å². The molecule has 0 bridgehead atoms. The molecular weight excluding hydrogens is 518 g/mol. The van der Waals surface area contributed by atoms with Crippen LogP contribution in [0.3, 0.4) is 0 Å². The number of hydrogen-bond donors (Lipinski definition) is 2. The summed E-state index contributed by atoms with van der Waals surface area (Å²) in [5.41, 5.74) is 4.50. The van der Waals surface area contributed by atoms with Gasteiger partial charge >= 0.3 is 13.8 Å². The Kier molecular flexibility index (Phi) is 8.67. The SMILES string of the molecule is CCC(C)OP(=O)(O)C(N)(C(=O)c1cccc(Oc2ncc(C(F)(F)F)cc2Cl)c1)C(C)[N+](=O)[O-]. The molecule has 3 N–H and O–H groups in total. The van der Waals surface area contributed by atoms with Crippen LogP contribution in [0.4, 0.5) is 13.2 Å². The Morgan fingerprint density at radius 2 is 1.97 bits per heavy atom. The van der Waals surface area contributed by atoms with Crippen molar-refractivity contribution in [1.82, 2.24) is 4.98 Å². The number of ketones is 1. The number of hydrogen-bond acceptors (Lipinski definition) is 8. The van der Waals surface area contributed by atoms with Crippen LogP contribution in [0.25, 0.3) is 0 Å². The minimum absolute atomic E-state index is 0.156. The molecule has 1 heterocycles. The number of pyridine rings is 1. The molecule has 10 nitrogen and oxygen atoms in total. The Morgan fingerprint density at radius 1 is 1.34 bits per heavy atom. The zero-order chi connectivity index (χ0) is 26.8. The molecule has 0 aliphatic carbocycles. The van der Waals surface area contributed by atoms with E-state index < -0.39 is 58.4 Å². The molecule has 15 heteroatoms. The van der Waals surface area contributed by atoms with E-state index in [1.54, 1.807) is 6.92 Å². The largest absolute Gasteiger partial charge is 0.438 e. The number of ether oxygens (including phenoxy) is 1. The third-order valence-electron chi connectivity index (χ3n) is 5.13. The second-order valence-electron chi connectivity index (χ2n) is 7.60. The molecule has 0 saturated heterocycles. The number of benzene rings is 1. The average Bonchev–Trinajstić information content (AvgIpc) is 2.77. The maximum Gasteiger partial charge on any atom is 0.417 e. The predicted octanol–water partition coefficient (Wildman–Crippen LogP) is 5.05. The molecule has 4 atom stereocenters. The number of carbonyl (C=O) groups excluding carboxylic acids is 1. The number of halogens is 4. The van der Waals surface area contributed by atoms with Crippen molar-refractivity contribution in [3.63, 3.8) is 0 Å². The van der Waals surface area contributed by atoms with Crippen LogP contribution in [-0.2, 0) is 15.3 Å². The second kappa shape index (κ2) is 10.6. The monoisotopic (exact) mass is 539 g/mol. The number of alkyl halides is 3. The van der Waals surface area contributed by atoms with Gasteiger partial charge in [-0.05, 0) is 31.5 Å². The van der Waals surface area contributed by atoms with Crippen LogP contribution in [0.2, 0.25) is 5.02 Å². The van der Waals surface area contributed by atoms with Gasteiger partial charge < -0.3 is 19.9 Å². The van der Waals surface area contributed by atoms with Crippen molar-refractivity contribution in [2.75, 3.05) is 0 Å². The van der Waals surface area contributed by atoms with E-state index in [0.717, 1.165) is 19.1 Å². The quantitative estimate of drug-likeness (QED) is 0.182. The van der Waals surface area contributed by atoms with Crippen molar-refractivity contribution >= 4 is 25.0 Å². The zero-order valence-corrected chi connectivity index (χ0v) is 20.3. The normalized spacial score (nSPS) is 17.1. The summed E-state index contributed by atoms with van der Waals surface area (Å²) in [6, 6.07) is 3.29. The highest BCUT2D eigenvalue weighted by molar-refractivity contribution is 7.56. The van der Waals surface area contributed by atoms with Crippen LogP contribution < -0.4 is 10.5 Å². The highest BCUT2D eigenvalue weighted by Crippen LogP contribution is 2.57. The second-order valence-corrected chi connectivity index (χ2v) is 10.00. The van der Waals surface area contributed by atoms with Gasteiger partial charge in [0.05, 0.1) is 11.7 Å². The highest BCUT2D eigenvalue weighted by Gasteiger charge is 2.62. The lowest BCUT2D eigenvalue weighted by Gasteiger charge is -2.33. The van der Waals surface area contributed by atoms with E-state index in [2.05, 4.69) is 4.98 Å². The average molecular weight is 540 g/mol. The molecule has 1 aromatic heterocycles. The van der Waals surface area contributed by atoms with E-state index in [-0.39, 0.29) is 17.7 Å². The van der Waals surface area contributed by atoms with E-state index in [9.17, 15) is 37.5 Å². The van der Waals surface area contributed by atoms with E-state index in [0.29, 0.717) is 12.3 Å². The first-order valence-corrected chi connectivity index (χ1v) is 12.0. The van der Waals surface area contributed by atoms with Gasteiger partial charge in [-0.25, -0.2) is 4.98 Å². The van der Waals surface area contributed by atoms with Gasteiger partial charge in [-0.2, -0.15) is 13.2 Å². The summed E-state index contributed by atoms with van der Waals surface area (Å²) in [5.74, 6) is -1.86. The first-order chi connectivity index (χ1) is 16.0. The Balaban J connectivity index is 2.47. The minimum atomic E-state index is -5.12. The predicted molar refractivity (Wildman–Crippen MR) is 119 cm³/mol. The maximum atomic E-state index is 13.3. The van der Waals surface area contributed by atoms with Crippen LogP contribution in [0.5, 0.6) is 11.6 Å². The van der Waals surface area contributed by atoms with Gasteiger partial charge in [-0.3, -0.25) is 19.5 Å². The standard InChI is InChI=1S/C20H22ClF3N3O7P/c1-4-11(2)34-35(31,32)19(25,12(3)27(29)30)17(28)13-6-5-7-15(8-13)33-18-16(21)9-14(10-26-18)20(22,23)24/h5-12H,4,25H2,1-3H3,(H,31,32). The van der Waals surface area contributed by atoms with Gasteiger partial charge in [0.25, 0.3) is 0 Å². The van der Waals surface area contributed by atoms with Crippen LogP contribution in [0.1, 0.15) is 43.1 Å². The van der Waals surface area contributed by atoms with Crippen LogP contribution in [0, 0.1) is 10.1 Å². The fraction of sp³-hybridized carbons (Fsp3) is 0.400. The summed E-state index contributed by atoms with van der Waals surface area (Å²) in [4.78, 5) is 37.9. The summed E-state index contributed by atoms with van der Waals surface area (Å²) in [6.45, 7) is 3.95. The summed E-state index contributed by atoms with van der Waals surface area (Å²) >= 11 is 5.82. The van der Waals surface area contributed by atoms with Crippen molar-refractivity contribution in [2.45, 2.75) is 50.8 Å². The van der Waals surface area contributed by atoms with Gasteiger partial charge in [-0.15, -0.1) is 0 Å². The summed E-state index contributed by atoms with van der Waals surface area (Å²) in [5, 5.41) is 8.04. The van der Waals surface area contributed by atoms with E-state index >= 15 is 0 Å². The molecule has 0 amide bonds. The van der Waals surface area contributed by atoms with Gasteiger partial charge in [0, 0.05) is 23.6 Å². The number of carbonyl (C=O) groups is 1. The number of nitrogens with two attached hydrogens (primary N) is 1. The Hall–Kier alpha value is -2.57. The molecule has 0 aliphatic heterocycles. The molecule has 0 aliphatic rings. The van der Waals surface area contributed by atoms with Gasteiger partial charge in [0.1, 0.15) is 10.8 Å². The fourth-order valence-electron chi connectivity index (χ4n) is 2.82. The number of nitro groups is 1. The fourth-order valence-corrected chi connectivity index (χ4v) is 4.79. The van der Waals surface area contributed by atoms with Crippen molar-refractivity contribution in [2.24, 2.45) is 5.73 Å². The number of Topliss-reactive ketones (excluding diaryl/α,β-unsaturated/α-hetero) is 1. The first kappa shape index (κ1) is 28.7. The molecule has 4 unspecified atom stereocenters. The molecular formula is C20H22ClF3N3O7P. The molecule has 2 aromatic rings. The lowest BCUT2D eigenvalue weighted by atomic mass is 9.99. The smallest absolute Gasteiger partial charge is 0.417 e. The molecule has 35 heavy (non-hydrogen) atoms. The van der Waals surface area contributed by atoms with Crippen LogP contribution in [0.15, 0.2) is 36.5 Å². The van der Waals surface area contributed by atoms with Gasteiger partial charge in [-0.1, -0.05) is 30.7 Å². The summed E-state index contributed by atoms with van der Waals surface area (Å²) in [6.07, 6.45) is -4.78. The molecule has 192 valence electrons. The van der Waals surface area contributed by atoms with Crippen molar-refractivity contribution < 1.29 is 41.6 Å². The third kappa shape index (κ3) is 6.17. The maximum absolute atomic E-state index is 13.3. The van der Waals surface area contributed by atoms with Crippen LogP contribution in [-0.4, -0.2) is 38.0 Å². The van der Waals surface area contributed by atoms with Gasteiger partial charge in [0.15, 0.2) is 0 Å². The highest BCUT2D eigenvalue weighted by atomic mass is 35.5. The van der Waals surface area contributed by atoms with Crippen LogP contribution >= 0.6 is 19.2 Å². The number of rotatable bonds is 10. The first-order valence-electron chi connectivity index (χ1n) is 10.0. The Morgan fingerprint density at radius 3 is 2.49 bits per heavy atom. The lowest BCUT2D eigenvalue weighted by molar-refractivity contribution is -0.521. The molecule has 0 radical (unpaired) electrons. The zero-order valence-electron chi connectivity index (χ0n) is 18.7. The summed E-state index contributed by atoms with van der Waals surface area (Å²) < 4.78 is 61.9. The van der Waals surface area contributed by atoms with Crippen molar-refractivity contribution in [3.05, 3.63) is 62.8 Å². The molecule has 0 saturated carbocycles. The topological polar surface area (TPSA) is 155 Å². The third-order valence-corrected chi connectivity index (χ3v) is 7.56. The molecule has 2 rings (SSSR count).